The van der Waals surface area contributed by atoms with Crippen LogP contribution in [0.5, 0.6) is 0 Å². The number of pyridine rings is 2. The summed E-state index contributed by atoms with van der Waals surface area (Å²) in [4.78, 5) is 72.3. The summed E-state index contributed by atoms with van der Waals surface area (Å²) in [6, 6.07) is 21.3. The zero-order valence-electron chi connectivity index (χ0n) is 29.4. The first-order valence-electron chi connectivity index (χ1n) is 17.5. The number of carbonyl (C=O) groups excluding carboxylic acids is 4. The monoisotopic (exact) mass is 702 g/mol. The highest BCUT2D eigenvalue weighted by Gasteiger charge is 2.33. The van der Waals surface area contributed by atoms with Crippen molar-refractivity contribution >= 4 is 58.0 Å². The first-order chi connectivity index (χ1) is 25.3. The van der Waals surface area contributed by atoms with Crippen LogP contribution in [-0.4, -0.2) is 133 Å². The number of piperazine rings is 2. The third-order valence-corrected chi connectivity index (χ3v) is 9.68. The molecule has 4 aromatic rings. The van der Waals surface area contributed by atoms with Gasteiger partial charge < -0.3 is 20.4 Å². The maximum absolute atomic E-state index is 13.2. The highest BCUT2D eigenvalue weighted by Crippen LogP contribution is 2.37. The molecule has 2 aromatic carbocycles. The molecule has 2 N–H and O–H groups in total. The summed E-state index contributed by atoms with van der Waals surface area (Å²) < 4.78 is 0. The van der Waals surface area contributed by atoms with Gasteiger partial charge in [0.2, 0.25) is 11.8 Å². The number of amides is 4. The molecule has 14 nitrogen and oxygen atoms in total. The minimum atomic E-state index is -0.232. The van der Waals surface area contributed by atoms with Crippen molar-refractivity contribution in [2.24, 2.45) is 0 Å². The Bertz CT molecular complexity index is 1830. The van der Waals surface area contributed by atoms with Crippen LogP contribution in [-0.2, 0) is 9.59 Å². The summed E-state index contributed by atoms with van der Waals surface area (Å²) in [5.41, 5.74) is 3.17. The van der Waals surface area contributed by atoms with Gasteiger partial charge in [0.15, 0.2) is 11.6 Å². The average Bonchev–Trinajstić information content (AvgIpc) is 3.37. The fourth-order valence-electron chi connectivity index (χ4n) is 6.72. The lowest BCUT2D eigenvalue weighted by Crippen LogP contribution is -2.48. The molecule has 2 saturated heterocycles. The fourth-order valence-corrected chi connectivity index (χ4v) is 6.72. The Labute approximate surface area is 302 Å². The van der Waals surface area contributed by atoms with E-state index in [1.165, 1.54) is 0 Å². The van der Waals surface area contributed by atoms with Gasteiger partial charge in [-0.05, 0) is 62.6 Å². The van der Waals surface area contributed by atoms with Crippen LogP contribution in [0.15, 0.2) is 85.2 Å². The third kappa shape index (κ3) is 7.41. The number of rotatable bonds is 4. The summed E-state index contributed by atoms with van der Waals surface area (Å²) in [5.74, 6) is 0.293. The minimum absolute atomic E-state index is 0.0848. The molecule has 4 aliphatic rings. The molecule has 8 rings (SSSR count). The molecular formula is C38H42N10O4. The molecule has 0 spiro atoms. The van der Waals surface area contributed by atoms with Crippen LogP contribution in [0.4, 0.5) is 34.4 Å². The normalized spacial score (nSPS) is 17.9. The van der Waals surface area contributed by atoms with Gasteiger partial charge in [-0.1, -0.05) is 24.3 Å². The summed E-state index contributed by atoms with van der Waals surface area (Å²) >= 11 is 0. The van der Waals surface area contributed by atoms with E-state index in [1.54, 1.807) is 82.9 Å². The number of carbonyl (C=O) groups is 4. The highest BCUT2D eigenvalue weighted by atomic mass is 16.2. The number of likely N-dealkylation sites (N-methyl/N-ethyl adjacent to an activating group) is 2. The number of hydrogen-bond acceptors (Lipinski definition) is 10. The molecule has 52 heavy (non-hydrogen) atoms. The Balaban J connectivity index is 0.000000162. The van der Waals surface area contributed by atoms with E-state index in [1.807, 2.05) is 12.1 Å². The number of nitrogens with zero attached hydrogens (tertiary/aromatic N) is 8. The number of fused-ring (bicyclic) bond motifs is 4. The van der Waals surface area contributed by atoms with Gasteiger partial charge in [-0.3, -0.25) is 38.8 Å². The minimum Gasteiger partial charge on any atom is -0.319 e. The molecule has 6 heterocycles. The number of aromatic nitrogens is 2. The van der Waals surface area contributed by atoms with Crippen molar-refractivity contribution < 1.29 is 19.2 Å². The molecule has 0 atom stereocenters. The summed E-state index contributed by atoms with van der Waals surface area (Å²) in [6.07, 6.45) is 3.27. The fraction of sp³-hybridized carbons (Fsp3) is 0.316. The molecule has 4 aliphatic heterocycles. The van der Waals surface area contributed by atoms with Gasteiger partial charge in [-0.15, -0.1) is 0 Å². The zero-order valence-corrected chi connectivity index (χ0v) is 29.4. The second kappa shape index (κ2) is 15.4. The van der Waals surface area contributed by atoms with Gasteiger partial charge in [0.1, 0.15) is 0 Å². The van der Waals surface area contributed by atoms with Gasteiger partial charge in [0.25, 0.3) is 11.8 Å². The molecule has 0 radical (unpaired) electrons. The predicted molar refractivity (Wildman–Crippen MR) is 199 cm³/mol. The maximum atomic E-state index is 13.2. The van der Waals surface area contributed by atoms with Gasteiger partial charge in [-0.25, -0.2) is 9.97 Å². The molecule has 0 unspecified atom stereocenters. The van der Waals surface area contributed by atoms with Crippen molar-refractivity contribution in [1.29, 1.82) is 0 Å². The van der Waals surface area contributed by atoms with Gasteiger partial charge in [0.05, 0.1) is 47.0 Å². The molecule has 4 amide bonds. The Kier molecular flexibility index (Phi) is 10.3. The molecule has 0 saturated carbocycles. The SMILES string of the molecule is CN1CCN(CC(=O)N2c3ccccc3C(=O)Nc3cccnc32)CC1.CN1CCN(CC(=O)N2c3ccccc3C(=O)Nc3cccnc32)CC1. The lowest BCUT2D eigenvalue weighted by atomic mass is 10.1. The number of nitrogens with one attached hydrogen (secondary N) is 2. The predicted octanol–water partition coefficient (Wildman–Crippen LogP) is 3.12. The van der Waals surface area contributed by atoms with E-state index < -0.39 is 0 Å². The van der Waals surface area contributed by atoms with Gasteiger partial charge in [0, 0.05) is 64.8 Å². The van der Waals surface area contributed by atoms with E-state index in [2.05, 4.69) is 54.3 Å². The first-order valence-corrected chi connectivity index (χ1v) is 17.5. The van der Waals surface area contributed by atoms with E-state index in [9.17, 15) is 19.2 Å². The molecule has 0 aliphatic carbocycles. The molecule has 2 aromatic heterocycles. The molecular weight excluding hydrogens is 660 g/mol. The number of hydrogen-bond donors (Lipinski definition) is 2. The van der Waals surface area contributed by atoms with Gasteiger partial charge in [-0.2, -0.15) is 0 Å². The summed E-state index contributed by atoms with van der Waals surface area (Å²) in [7, 11) is 4.17. The third-order valence-electron chi connectivity index (χ3n) is 9.68. The van der Waals surface area contributed by atoms with Crippen LogP contribution in [0.2, 0.25) is 0 Å². The molecule has 2 fully saturated rings. The average molecular weight is 703 g/mol. The lowest BCUT2D eigenvalue weighted by molar-refractivity contribution is -0.120. The summed E-state index contributed by atoms with van der Waals surface area (Å²) in [5, 5.41) is 5.71. The topological polar surface area (TPSA) is 138 Å². The summed E-state index contributed by atoms with van der Waals surface area (Å²) in [6.45, 7) is 7.77. The zero-order chi connectivity index (χ0) is 36.2. The van der Waals surface area contributed by atoms with Crippen molar-refractivity contribution in [2.75, 3.05) is 100.0 Å². The van der Waals surface area contributed by atoms with Crippen LogP contribution in [0.1, 0.15) is 20.7 Å². The van der Waals surface area contributed by atoms with Crippen molar-refractivity contribution in [2.45, 2.75) is 0 Å². The van der Waals surface area contributed by atoms with E-state index in [0.717, 1.165) is 52.4 Å². The van der Waals surface area contributed by atoms with E-state index in [0.29, 0.717) is 58.6 Å². The van der Waals surface area contributed by atoms with Gasteiger partial charge >= 0.3 is 0 Å². The number of anilines is 6. The lowest BCUT2D eigenvalue weighted by Gasteiger charge is -2.33. The first kappa shape index (κ1) is 34.9. The Morgan fingerprint density at radius 2 is 0.942 bits per heavy atom. The van der Waals surface area contributed by atoms with Crippen LogP contribution >= 0.6 is 0 Å². The smallest absolute Gasteiger partial charge is 0.257 e. The Morgan fingerprint density at radius 1 is 0.558 bits per heavy atom. The molecule has 268 valence electrons. The second-order valence-corrected chi connectivity index (χ2v) is 13.3. The standard InChI is InChI=1S/2C19H21N5O2/c2*1-22-9-11-23(12-10-22)13-17(25)24-16-7-3-2-5-14(16)19(26)21-15-6-4-8-20-18(15)24/h2*2-8H,9-13H2,1H3,(H,21,26). The Hall–Kier alpha value is -5.54. The molecule has 0 bridgehead atoms. The maximum Gasteiger partial charge on any atom is 0.257 e. The quantitative estimate of drug-likeness (QED) is 0.327. The van der Waals surface area contributed by atoms with Crippen LogP contribution in [0.3, 0.4) is 0 Å². The number of para-hydroxylation sites is 2. The van der Waals surface area contributed by atoms with Crippen LogP contribution in [0, 0.1) is 0 Å². The van der Waals surface area contributed by atoms with Crippen molar-refractivity contribution in [3.05, 3.63) is 96.3 Å². The Morgan fingerprint density at radius 3 is 1.35 bits per heavy atom. The van der Waals surface area contributed by atoms with Crippen molar-refractivity contribution in [1.82, 2.24) is 29.6 Å². The van der Waals surface area contributed by atoms with Crippen LogP contribution in [0.25, 0.3) is 0 Å². The van der Waals surface area contributed by atoms with Crippen molar-refractivity contribution in [3.8, 4) is 0 Å². The second-order valence-electron chi connectivity index (χ2n) is 13.3. The number of benzene rings is 2. The molecule has 14 heteroatoms. The van der Waals surface area contributed by atoms with E-state index in [4.69, 9.17) is 0 Å². The highest BCUT2D eigenvalue weighted by molar-refractivity contribution is 6.18. The van der Waals surface area contributed by atoms with Crippen molar-refractivity contribution in [3.63, 3.8) is 0 Å². The van der Waals surface area contributed by atoms with E-state index in [-0.39, 0.29) is 23.6 Å². The van der Waals surface area contributed by atoms with E-state index >= 15 is 0 Å². The largest absolute Gasteiger partial charge is 0.319 e. The van der Waals surface area contributed by atoms with Crippen LogP contribution < -0.4 is 20.4 Å².